The van der Waals surface area contributed by atoms with Gasteiger partial charge in [-0.1, -0.05) is 18.2 Å². The molecule has 322 valence electrons. The predicted octanol–water partition coefficient (Wildman–Crippen LogP) is 1.97. The first-order valence-electron chi connectivity index (χ1n) is 19.9. The molecule has 0 radical (unpaired) electrons. The maximum atomic E-state index is 12.6. The van der Waals surface area contributed by atoms with Crippen molar-refractivity contribution in [2.45, 2.75) is 38.6 Å². The summed E-state index contributed by atoms with van der Waals surface area (Å²) < 4.78 is 21.6. The normalized spacial score (nSPS) is 16.5. The second kappa shape index (κ2) is 22.9. The Hall–Kier alpha value is -6.02. The van der Waals surface area contributed by atoms with E-state index in [9.17, 15) is 33.9 Å². The number of nitrogens with one attached hydrogen (secondary N) is 4. The number of phenolic OH excluding ortho intramolecular Hbond substituents is 1. The van der Waals surface area contributed by atoms with Crippen molar-refractivity contribution in [3.8, 4) is 17.0 Å². The quantitative estimate of drug-likeness (QED) is 0.0622. The topological polar surface area (TPSA) is 240 Å². The highest BCUT2D eigenvalue weighted by Crippen LogP contribution is 2.35. The minimum Gasteiger partial charge on any atom is -0.507 e. The monoisotopic (exact) mass is 832 g/mol. The maximum absolute atomic E-state index is 12.6. The third-order valence-corrected chi connectivity index (χ3v) is 9.95. The summed E-state index contributed by atoms with van der Waals surface area (Å²) >= 11 is 0. The fraction of sp³-hybridized carbons (Fsp3) is 0.463. The zero-order chi connectivity index (χ0) is 42.9. The van der Waals surface area contributed by atoms with Gasteiger partial charge in [-0.3, -0.25) is 39.0 Å². The number of hydrogen-bond donors (Lipinski definition) is 5. The molecule has 1 atom stereocenters. The number of para-hydroxylation sites is 1. The lowest BCUT2D eigenvalue weighted by Crippen LogP contribution is -2.54. The Morgan fingerprint density at radius 3 is 2.18 bits per heavy atom. The molecule has 2 fully saturated rings. The number of carbonyl (C=O) groups is 6. The van der Waals surface area contributed by atoms with Crippen LogP contribution in [0.25, 0.3) is 11.3 Å². The number of anilines is 3. The van der Waals surface area contributed by atoms with E-state index in [2.05, 4.69) is 36.4 Å². The summed E-state index contributed by atoms with van der Waals surface area (Å²) in [6.45, 7) is 8.22. The summed E-state index contributed by atoms with van der Waals surface area (Å²) in [4.78, 5) is 74.3. The number of aromatic hydroxyl groups is 1. The van der Waals surface area contributed by atoms with Gasteiger partial charge in [0.05, 0.1) is 74.4 Å². The lowest BCUT2D eigenvalue weighted by atomic mass is 9.95. The molecule has 6 rings (SSSR count). The van der Waals surface area contributed by atoms with E-state index in [1.165, 1.54) is 18.2 Å². The minimum atomic E-state index is -1.02. The van der Waals surface area contributed by atoms with E-state index in [-0.39, 0.29) is 47.2 Å². The van der Waals surface area contributed by atoms with Crippen LogP contribution < -0.4 is 26.2 Å². The highest BCUT2D eigenvalue weighted by molar-refractivity contribution is 6.25. The number of nitrogens with zero attached hydrogens (tertiary/aromatic N) is 4. The zero-order valence-electron chi connectivity index (χ0n) is 33.8. The number of phenols is 1. The van der Waals surface area contributed by atoms with Gasteiger partial charge in [0.25, 0.3) is 11.8 Å². The Morgan fingerprint density at radius 2 is 1.53 bits per heavy atom. The first kappa shape index (κ1) is 45.1. The number of fused-ring (bicyclic) bond motifs is 1. The maximum Gasteiger partial charge on any atom is 0.264 e. The summed E-state index contributed by atoms with van der Waals surface area (Å²) in [5.41, 5.74) is 2.54. The van der Waals surface area contributed by atoms with E-state index in [0.717, 1.165) is 36.5 Å². The smallest absolute Gasteiger partial charge is 0.264 e. The van der Waals surface area contributed by atoms with Crippen LogP contribution in [0, 0.1) is 5.92 Å². The fourth-order valence-electron chi connectivity index (χ4n) is 6.90. The van der Waals surface area contributed by atoms with Crippen LogP contribution in [0.15, 0.2) is 48.5 Å². The molecule has 0 aliphatic carbocycles. The van der Waals surface area contributed by atoms with E-state index in [1.807, 2.05) is 25.1 Å². The summed E-state index contributed by atoms with van der Waals surface area (Å²) in [5.74, 6) is -1.51. The second-order valence-corrected chi connectivity index (χ2v) is 13.8. The van der Waals surface area contributed by atoms with Crippen molar-refractivity contribution in [2.75, 3.05) is 95.1 Å². The van der Waals surface area contributed by atoms with Gasteiger partial charge in [0, 0.05) is 51.2 Å². The molecule has 3 aliphatic rings. The molecule has 6 amide bonds. The van der Waals surface area contributed by atoms with Gasteiger partial charge in [-0.2, -0.15) is 0 Å². The molecule has 0 spiro atoms. The predicted molar refractivity (Wildman–Crippen MR) is 218 cm³/mol. The van der Waals surface area contributed by atoms with Crippen LogP contribution in [0.1, 0.15) is 53.3 Å². The summed E-state index contributed by atoms with van der Waals surface area (Å²) in [6, 6.07) is 12.5. The molecule has 1 aromatic heterocycles. The molecular weight excluding hydrogens is 780 g/mol. The Morgan fingerprint density at radius 1 is 0.867 bits per heavy atom. The molecule has 3 aliphatic heterocycles. The average molecular weight is 833 g/mol. The average Bonchev–Trinajstić information content (AvgIpc) is 3.51. The number of rotatable bonds is 20. The van der Waals surface area contributed by atoms with Gasteiger partial charge in [-0.25, -0.2) is 0 Å². The summed E-state index contributed by atoms with van der Waals surface area (Å²) in [5, 5.41) is 29.4. The molecule has 60 heavy (non-hydrogen) atoms. The third kappa shape index (κ3) is 11.8. The molecule has 0 bridgehead atoms. The molecule has 4 heterocycles. The number of ether oxygens (including phenoxy) is 4. The van der Waals surface area contributed by atoms with Gasteiger partial charge in [0.1, 0.15) is 11.8 Å². The molecule has 3 aromatic rings. The van der Waals surface area contributed by atoms with Crippen LogP contribution in [-0.4, -0.2) is 142 Å². The van der Waals surface area contributed by atoms with Crippen molar-refractivity contribution in [1.82, 2.24) is 25.7 Å². The Labute approximate surface area is 347 Å². The lowest BCUT2D eigenvalue weighted by molar-refractivity contribution is -0.136. The first-order chi connectivity index (χ1) is 29.2. The Balaban J connectivity index is 0.000000261. The first-order valence-corrected chi connectivity index (χ1v) is 19.9. The van der Waals surface area contributed by atoms with Crippen LogP contribution in [0.3, 0.4) is 0 Å². The summed E-state index contributed by atoms with van der Waals surface area (Å²) in [6.07, 6.45) is 2.03. The van der Waals surface area contributed by atoms with Gasteiger partial charge >= 0.3 is 0 Å². The van der Waals surface area contributed by atoms with E-state index in [1.54, 1.807) is 19.2 Å². The van der Waals surface area contributed by atoms with Crippen LogP contribution in [0.5, 0.6) is 5.75 Å². The highest BCUT2D eigenvalue weighted by Gasteiger charge is 2.45. The Kier molecular flexibility index (Phi) is 17.2. The number of hydrogen-bond acceptors (Lipinski definition) is 15. The van der Waals surface area contributed by atoms with Crippen molar-refractivity contribution >= 4 is 53.1 Å². The largest absolute Gasteiger partial charge is 0.507 e. The second-order valence-electron chi connectivity index (χ2n) is 13.8. The van der Waals surface area contributed by atoms with Crippen molar-refractivity contribution in [1.29, 1.82) is 0 Å². The van der Waals surface area contributed by atoms with Gasteiger partial charge in [0.15, 0.2) is 5.82 Å². The van der Waals surface area contributed by atoms with Crippen LogP contribution in [-0.2, 0) is 38.1 Å². The molecule has 19 heteroatoms. The molecule has 0 saturated carbocycles. The minimum absolute atomic E-state index is 0.0391. The van der Waals surface area contributed by atoms with Crippen molar-refractivity contribution in [3.63, 3.8) is 0 Å². The highest BCUT2D eigenvalue weighted by atomic mass is 16.6. The van der Waals surface area contributed by atoms with E-state index >= 15 is 0 Å². The van der Waals surface area contributed by atoms with Crippen molar-refractivity contribution in [3.05, 3.63) is 59.7 Å². The number of benzene rings is 2. The summed E-state index contributed by atoms with van der Waals surface area (Å²) in [7, 11) is 1.81. The van der Waals surface area contributed by atoms with E-state index in [0.29, 0.717) is 82.9 Å². The van der Waals surface area contributed by atoms with Crippen LogP contribution in [0.2, 0.25) is 0 Å². The molecule has 2 saturated heterocycles. The van der Waals surface area contributed by atoms with E-state index in [4.69, 9.17) is 18.9 Å². The van der Waals surface area contributed by atoms with Crippen molar-refractivity contribution < 1.29 is 52.8 Å². The lowest BCUT2D eigenvalue weighted by Gasteiger charge is -2.33. The molecule has 2 aromatic carbocycles. The molecular formula is C41H52N8O11. The number of amides is 6. The van der Waals surface area contributed by atoms with Crippen LogP contribution in [0.4, 0.5) is 17.2 Å². The van der Waals surface area contributed by atoms with Gasteiger partial charge in [-0.15, -0.1) is 10.2 Å². The van der Waals surface area contributed by atoms with Gasteiger partial charge in [0.2, 0.25) is 24.1 Å². The number of carbonyl (C=O) groups excluding carboxylic acids is 6. The number of aromatic nitrogens is 2. The van der Waals surface area contributed by atoms with Crippen LogP contribution >= 0.6 is 0 Å². The number of piperidine rings is 2. The molecule has 1 unspecified atom stereocenters. The SMILES string of the molecule is CCOCCOCCOCCOCCNC(=O)C1CCN(c2cc(-c3ccccc3O)nnc2NC)CC1.O=CNc1cccc2c1C(=O)N(C1CCC(=O)NC1=O)C2=O. The van der Waals surface area contributed by atoms with Crippen molar-refractivity contribution in [2.24, 2.45) is 5.92 Å². The number of imide groups is 2. The fourth-order valence-corrected chi connectivity index (χ4v) is 6.90. The van der Waals surface area contributed by atoms with Gasteiger partial charge < -0.3 is 44.9 Å². The third-order valence-electron chi connectivity index (χ3n) is 9.95. The van der Waals surface area contributed by atoms with E-state index < -0.39 is 29.7 Å². The standard InChI is InChI=1S/C27H41N5O6.C14H11N3O5/c1-3-35-14-15-37-18-19-38-17-16-36-13-10-29-27(34)21-8-11-32(12-9-21)24-20-23(30-31-26(24)28-2)22-6-4-5-7-25(22)33;18-6-15-8-3-1-2-7-11(8)14(22)17(13(7)21)9-4-5-10(19)16-12(9)20/h4-7,20-21,33H,3,8-19H2,1-2H3,(H,28,31)(H,29,34);1-3,6,9H,4-5H2,(H,15,18)(H,16,19,20). The Bertz CT molecular complexity index is 1970. The van der Waals surface area contributed by atoms with Gasteiger partial charge in [-0.05, 0) is 56.5 Å². The molecule has 19 nitrogen and oxygen atoms in total. The zero-order valence-corrected chi connectivity index (χ0v) is 33.8. The molecule has 5 N–H and O–H groups in total.